The second-order valence-corrected chi connectivity index (χ2v) is 5.22. The average molecular weight is 287 g/mol. The van der Waals surface area contributed by atoms with Crippen LogP contribution in [0.25, 0.3) is 6.08 Å². The van der Waals surface area contributed by atoms with Crippen molar-refractivity contribution in [1.29, 1.82) is 5.26 Å². The zero-order valence-electron chi connectivity index (χ0n) is 11.1. The Balaban J connectivity index is 2.16. The molecule has 20 heavy (non-hydrogen) atoms. The van der Waals surface area contributed by atoms with Gasteiger partial charge in [-0.2, -0.15) is 5.26 Å². The molecule has 0 aliphatic carbocycles. The molecular weight excluding hydrogens is 274 g/mol. The molecule has 2 aromatic rings. The first-order chi connectivity index (χ1) is 9.63. The van der Waals surface area contributed by atoms with Crippen LogP contribution in [0.15, 0.2) is 28.4 Å². The summed E-state index contributed by atoms with van der Waals surface area (Å²) in [7, 11) is 0. The summed E-state index contributed by atoms with van der Waals surface area (Å²) in [6, 6.07) is 5.23. The van der Waals surface area contributed by atoms with Crippen molar-refractivity contribution in [1.82, 2.24) is 4.98 Å². The van der Waals surface area contributed by atoms with Gasteiger partial charge in [0.15, 0.2) is 5.13 Å². The summed E-state index contributed by atoms with van der Waals surface area (Å²) >= 11 is 1.40. The first kappa shape index (κ1) is 14.0. The maximum absolute atomic E-state index is 12.0. The number of carbonyl (C=O) groups is 1. The van der Waals surface area contributed by atoms with Crippen LogP contribution in [0.3, 0.4) is 0 Å². The van der Waals surface area contributed by atoms with Gasteiger partial charge in [-0.25, -0.2) is 4.98 Å². The van der Waals surface area contributed by atoms with Gasteiger partial charge >= 0.3 is 0 Å². The number of anilines is 1. The van der Waals surface area contributed by atoms with Crippen molar-refractivity contribution in [3.63, 3.8) is 0 Å². The van der Waals surface area contributed by atoms with Gasteiger partial charge < -0.3 is 4.42 Å². The lowest BCUT2D eigenvalue weighted by Gasteiger charge is -1.98. The van der Waals surface area contributed by atoms with Gasteiger partial charge in [0.1, 0.15) is 17.4 Å². The lowest BCUT2D eigenvalue weighted by Crippen LogP contribution is -2.13. The molecule has 0 unspecified atom stereocenters. The molecule has 0 aromatic carbocycles. The Hall–Kier alpha value is -2.39. The summed E-state index contributed by atoms with van der Waals surface area (Å²) < 4.78 is 5.09. The minimum atomic E-state index is -0.486. The van der Waals surface area contributed by atoms with E-state index in [-0.39, 0.29) is 5.57 Å². The van der Waals surface area contributed by atoms with Crippen molar-refractivity contribution in [3.05, 3.63) is 40.3 Å². The average Bonchev–Trinajstić information content (AvgIpc) is 3.05. The van der Waals surface area contributed by atoms with E-state index in [4.69, 9.17) is 9.68 Å². The van der Waals surface area contributed by atoms with Crippen LogP contribution in [0.4, 0.5) is 5.13 Å². The molecule has 102 valence electrons. The summed E-state index contributed by atoms with van der Waals surface area (Å²) in [5.41, 5.74) is 0.935. The molecule has 5 nitrogen and oxygen atoms in total. The molecule has 1 amide bonds. The maximum atomic E-state index is 12.0. The molecule has 0 aliphatic heterocycles. The number of hydrogen-bond acceptors (Lipinski definition) is 5. The molecule has 6 heteroatoms. The van der Waals surface area contributed by atoms with E-state index in [1.165, 1.54) is 23.7 Å². The molecule has 0 aliphatic rings. The van der Waals surface area contributed by atoms with E-state index in [1.807, 2.05) is 19.9 Å². The van der Waals surface area contributed by atoms with Crippen molar-refractivity contribution in [3.8, 4) is 6.07 Å². The van der Waals surface area contributed by atoms with Gasteiger partial charge in [-0.1, -0.05) is 6.92 Å². The SMILES string of the molecule is CCc1nc(NC(=O)C(C#N)=Cc2ccco2)sc1C. The lowest BCUT2D eigenvalue weighted by molar-refractivity contribution is -0.112. The van der Waals surface area contributed by atoms with Crippen molar-refractivity contribution >= 4 is 28.5 Å². The van der Waals surface area contributed by atoms with Crippen molar-refractivity contribution in [2.75, 3.05) is 5.32 Å². The third-order valence-electron chi connectivity index (χ3n) is 2.64. The number of aryl methyl sites for hydroxylation is 2. The zero-order chi connectivity index (χ0) is 14.5. The minimum absolute atomic E-state index is 0.0224. The zero-order valence-corrected chi connectivity index (χ0v) is 12.0. The van der Waals surface area contributed by atoms with Crippen LogP contribution < -0.4 is 5.32 Å². The summed E-state index contributed by atoms with van der Waals surface area (Å²) in [4.78, 5) is 17.4. The molecule has 0 atom stereocenters. The number of nitrogens with one attached hydrogen (secondary N) is 1. The minimum Gasteiger partial charge on any atom is -0.465 e. The maximum Gasteiger partial charge on any atom is 0.268 e. The fourth-order valence-electron chi connectivity index (χ4n) is 1.64. The second kappa shape index (κ2) is 6.17. The number of nitriles is 1. The van der Waals surface area contributed by atoms with Gasteiger partial charge in [-0.3, -0.25) is 10.1 Å². The van der Waals surface area contributed by atoms with E-state index in [0.29, 0.717) is 10.9 Å². The number of carbonyl (C=O) groups excluding carboxylic acids is 1. The number of thiazole rings is 1. The van der Waals surface area contributed by atoms with Gasteiger partial charge in [-0.15, -0.1) is 11.3 Å². The highest BCUT2D eigenvalue weighted by atomic mass is 32.1. The number of aromatic nitrogens is 1. The van der Waals surface area contributed by atoms with Crippen LogP contribution in [0.5, 0.6) is 0 Å². The van der Waals surface area contributed by atoms with Gasteiger partial charge in [0.25, 0.3) is 5.91 Å². The Bertz CT molecular complexity index is 678. The second-order valence-electron chi connectivity index (χ2n) is 4.01. The molecule has 0 fully saturated rings. The smallest absolute Gasteiger partial charge is 0.268 e. The summed E-state index contributed by atoms with van der Waals surface area (Å²) in [6.45, 7) is 3.96. The highest BCUT2D eigenvalue weighted by molar-refractivity contribution is 7.15. The van der Waals surface area contributed by atoms with E-state index in [2.05, 4.69) is 10.3 Å². The Morgan fingerprint density at radius 3 is 3.00 bits per heavy atom. The van der Waals surface area contributed by atoms with Gasteiger partial charge in [0.2, 0.25) is 0 Å². The van der Waals surface area contributed by atoms with Crippen LogP contribution in [0.1, 0.15) is 23.3 Å². The summed E-state index contributed by atoms with van der Waals surface area (Å²) in [5.74, 6) is -0.0263. The fourth-order valence-corrected chi connectivity index (χ4v) is 2.54. The number of amides is 1. The number of nitrogens with zero attached hydrogens (tertiary/aromatic N) is 2. The molecule has 2 rings (SSSR count). The number of furan rings is 1. The Morgan fingerprint density at radius 2 is 2.45 bits per heavy atom. The van der Waals surface area contributed by atoms with E-state index in [1.54, 1.807) is 12.1 Å². The third-order valence-corrected chi connectivity index (χ3v) is 3.57. The molecule has 0 radical (unpaired) electrons. The van der Waals surface area contributed by atoms with E-state index in [0.717, 1.165) is 17.0 Å². The lowest BCUT2D eigenvalue weighted by atomic mass is 10.2. The molecule has 0 spiro atoms. The van der Waals surface area contributed by atoms with Crippen LogP contribution in [0, 0.1) is 18.3 Å². The predicted octanol–water partition coefficient (Wildman–Crippen LogP) is 3.15. The molecular formula is C14H13N3O2S. The van der Waals surface area contributed by atoms with Gasteiger partial charge in [-0.05, 0) is 25.5 Å². The standard InChI is InChI=1S/C14H13N3O2S/c1-3-12-9(2)20-14(16-12)17-13(18)10(8-15)7-11-5-4-6-19-11/h4-7H,3H2,1-2H3,(H,16,17,18). The van der Waals surface area contributed by atoms with Crippen molar-refractivity contribution < 1.29 is 9.21 Å². The van der Waals surface area contributed by atoms with Crippen LogP contribution >= 0.6 is 11.3 Å². The molecule has 1 N–H and O–H groups in total. The first-order valence-corrected chi connectivity index (χ1v) is 6.88. The van der Waals surface area contributed by atoms with Gasteiger partial charge in [0.05, 0.1) is 12.0 Å². The van der Waals surface area contributed by atoms with E-state index >= 15 is 0 Å². The summed E-state index contributed by atoms with van der Waals surface area (Å²) in [6.07, 6.45) is 3.69. The highest BCUT2D eigenvalue weighted by Gasteiger charge is 2.13. The van der Waals surface area contributed by atoms with Crippen molar-refractivity contribution in [2.24, 2.45) is 0 Å². The summed E-state index contributed by atoms with van der Waals surface area (Å²) in [5, 5.41) is 12.2. The van der Waals surface area contributed by atoms with E-state index < -0.39 is 5.91 Å². The molecule has 0 bridgehead atoms. The molecule has 0 saturated heterocycles. The Morgan fingerprint density at radius 1 is 1.65 bits per heavy atom. The van der Waals surface area contributed by atoms with Gasteiger partial charge in [0, 0.05) is 11.0 Å². The van der Waals surface area contributed by atoms with Crippen molar-refractivity contribution in [2.45, 2.75) is 20.3 Å². The number of hydrogen-bond donors (Lipinski definition) is 1. The van der Waals surface area contributed by atoms with Crippen LogP contribution in [-0.2, 0) is 11.2 Å². The highest BCUT2D eigenvalue weighted by Crippen LogP contribution is 2.23. The Kier molecular flexibility index (Phi) is 4.33. The quantitative estimate of drug-likeness (QED) is 0.692. The molecule has 2 aromatic heterocycles. The number of rotatable bonds is 4. The third kappa shape index (κ3) is 3.13. The first-order valence-electron chi connectivity index (χ1n) is 6.07. The molecule has 2 heterocycles. The van der Waals surface area contributed by atoms with Crippen LogP contribution in [-0.4, -0.2) is 10.9 Å². The predicted molar refractivity (Wildman–Crippen MR) is 77.2 cm³/mol. The topological polar surface area (TPSA) is 78.9 Å². The monoisotopic (exact) mass is 287 g/mol. The largest absolute Gasteiger partial charge is 0.465 e. The molecule has 0 saturated carbocycles. The fraction of sp³-hybridized carbons (Fsp3) is 0.214. The van der Waals surface area contributed by atoms with Crippen LogP contribution in [0.2, 0.25) is 0 Å². The normalized spacial score (nSPS) is 11.2. The Labute approximate surface area is 120 Å². The van der Waals surface area contributed by atoms with E-state index in [9.17, 15) is 4.79 Å².